The number of nitrogens with zero attached hydrogens (tertiary/aromatic N) is 6. The van der Waals surface area contributed by atoms with Crippen LogP contribution in [0.15, 0.2) is 30.5 Å². The highest BCUT2D eigenvalue weighted by atomic mass is 32.2. The summed E-state index contributed by atoms with van der Waals surface area (Å²) in [5.74, 6) is 1.64. The molecule has 3 aromatic heterocycles. The van der Waals surface area contributed by atoms with Crippen LogP contribution in [0.5, 0.6) is 0 Å². The lowest BCUT2D eigenvalue weighted by molar-refractivity contribution is 0.122. The zero-order valence-corrected chi connectivity index (χ0v) is 22.0. The minimum Gasteiger partial charge on any atom is -0.378 e. The number of fused-ring (bicyclic) bond motifs is 2. The molecule has 0 spiro atoms. The van der Waals surface area contributed by atoms with Crippen LogP contribution < -0.4 is 4.90 Å². The van der Waals surface area contributed by atoms with Crippen LogP contribution in [0, 0.1) is 0 Å². The summed E-state index contributed by atoms with van der Waals surface area (Å²) < 4.78 is 32.1. The van der Waals surface area contributed by atoms with Crippen molar-refractivity contribution in [2.75, 3.05) is 63.6 Å². The van der Waals surface area contributed by atoms with Gasteiger partial charge in [-0.25, -0.2) is 18.4 Å². The molecule has 1 atom stereocenters. The van der Waals surface area contributed by atoms with Crippen LogP contribution in [0.3, 0.4) is 0 Å². The third kappa shape index (κ3) is 4.37. The highest BCUT2D eigenvalue weighted by Crippen LogP contribution is 2.39. The molecule has 5 heterocycles. The first-order valence-corrected chi connectivity index (χ1v) is 14.8. The summed E-state index contributed by atoms with van der Waals surface area (Å²) in [5.41, 5.74) is 2.84. The van der Waals surface area contributed by atoms with Crippen molar-refractivity contribution in [1.29, 1.82) is 0 Å². The van der Waals surface area contributed by atoms with Crippen molar-refractivity contribution in [2.24, 2.45) is 0 Å². The van der Waals surface area contributed by atoms with Crippen molar-refractivity contribution >= 4 is 48.3 Å². The fourth-order valence-electron chi connectivity index (χ4n) is 5.01. The zero-order valence-electron chi connectivity index (χ0n) is 20.3. The van der Waals surface area contributed by atoms with E-state index in [9.17, 15) is 8.42 Å². The molecule has 190 valence electrons. The normalized spacial score (nSPS) is 19.3. The number of rotatable bonds is 5. The molecule has 4 aromatic rings. The molecule has 2 saturated heterocycles. The molecule has 10 nitrogen and oxygen atoms in total. The number of morpholine rings is 1. The topological polar surface area (TPSA) is 108 Å². The lowest BCUT2D eigenvalue weighted by atomic mass is 10.1. The van der Waals surface area contributed by atoms with Crippen molar-refractivity contribution in [3.63, 3.8) is 0 Å². The van der Waals surface area contributed by atoms with Crippen molar-refractivity contribution in [3.05, 3.63) is 35.3 Å². The van der Waals surface area contributed by atoms with Gasteiger partial charge in [0.2, 0.25) is 10.0 Å². The second-order valence-corrected chi connectivity index (χ2v) is 12.4. The van der Waals surface area contributed by atoms with Gasteiger partial charge >= 0.3 is 0 Å². The summed E-state index contributed by atoms with van der Waals surface area (Å²) in [6.45, 7) is 7.58. The van der Waals surface area contributed by atoms with Gasteiger partial charge in [-0.3, -0.25) is 10.00 Å². The Bertz CT molecular complexity index is 1500. The maximum Gasteiger partial charge on any atom is 0.211 e. The van der Waals surface area contributed by atoms with Gasteiger partial charge < -0.3 is 9.64 Å². The molecule has 0 amide bonds. The van der Waals surface area contributed by atoms with E-state index < -0.39 is 10.0 Å². The monoisotopic (exact) mass is 527 g/mol. The summed E-state index contributed by atoms with van der Waals surface area (Å²) in [4.78, 5) is 16.0. The molecule has 36 heavy (non-hydrogen) atoms. The Hall–Kier alpha value is -2.64. The average Bonchev–Trinajstić information content (AvgIpc) is 3.55. The molecular weight excluding hydrogens is 498 g/mol. The van der Waals surface area contributed by atoms with E-state index in [1.165, 1.54) is 11.1 Å². The van der Waals surface area contributed by atoms with Gasteiger partial charge in [-0.05, 0) is 19.1 Å². The van der Waals surface area contributed by atoms with Crippen molar-refractivity contribution in [2.45, 2.75) is 13.0 Å². The molecular formula is C24H29N7O3S2. The molecule has 1 unspecified atom stereocenters. The molecule has 2 aliphatic heterocycles. The second-order valence-electron chi connectivity index (χ2n) is 9.34. The van der Waals surface area contributed by atoms with Gasteiger partial charge in [-0.1, -0.05) is 12.1 Å². The second kappa shape index (κ2) is 9.34. The predicted molar refractivity (Wildman–Crippen MR) is 142 cm³/mol. The molecule has 12 heteroatoms. The standard InChI is InChI=1S/C24H29N7O3S2/c1-16(29-6-8-31(9-7-29)36(2,32)33)21-14-20-22(35-21)24(30-10-12-34-13-11-30)27-23(26-20)17-4-3-5-19-18(17)15-25-28-19/h3-5,14-16H,6-13H2,1-2H3,(H,25,28). The Balaban J connectivity index is 1.39. The van der Waals surface area contributed by atoms with Gasteiger partial charge in [0.15, 0.2) is 11.6 Å². The Labute approximate surface area is 213 Å². The zero-order chi connectivity index (χ0) is 24.9. The number of benzene rings is 1. The number of anilines is 1. The minimum atomic E-state index is -3.15. The Morgan fingerprint density at radius 3 is 2.61 bits per heavy atom. The average molecular weight is 528 g/mol. The van der Waals surface area contributed by atoms with Gasteiger partial charge in [-0.2, -0.15) is 9.40 Å². The number of nitrogens with one attached hydrogen (secondary N) is 1. The van der Waals surface area contributed by atoms with Crippen LogP contribution in [0.1, 0.15) is 17.8 Å². The van der Waals surface area contributed by atoms with Crippen molar-refractivity contribution in [3.8, 4) is 11.4 Å². The summed E-state index contributed by atoms with van der Waals surface area (Å²) >= 11 is 1.74. The van der Waals surface area contributed by atoms with Crippen LogP contribution in [-0.4, -0.2) is 96.5 Å². The quantitative estimate of drug-likeness (QED) is 0.422. The number of sulfonamides is 1. The molecule has 1 N–H and O–H groups in total. The van der Waals surface area contributed by atoms with E-state index >= 15 is 0 Å². The highest BCUT2D eigenvalue weighted by molar-refractivity contribution is 7.88. The number of piperazine rings is 1. The van der Waals surface area contributed by atoms with E-state index in [1.54, 1.807) is 15.6 Å². The fraction of sp³-hybridized carbons (Fsp3) is 0.458. The van der Waals surface area contributed by atoms with Gasteiger partial charge in [-0.15, -0.1) is 11.3 Å². The first kappa shape index (κ1) is 23.7. The molecule has 1 aromatic carbocycles. The highest BCUT2D eigenvalue weighted by Gasteiger charge is 2.28. The number of ether oxygens (including phenoxy) is 1. The van der Waals surface area contributed by atoms with E-state index in [4.69, 9.17) is 14.7 Å². The lowest BCUT2D eigenvalue weighted by Gasteiger charge is -2.36. The van der Waals surface area contributed by atoms with Gasteiger partial charge in [0.25, 0.3) is 0 Å². The Kier molecular flexibility index (Phi) is 6.16. The van der Waals surface area contributed by atoms with Crippen LogP contribution in [-0.2, 0) is 14.8 Å². The van der Waals surface area contributed by atoms with E-state index in [1.807, 2.05) is 24.4 Å². The molecule has 0 radical (unpaired) electrons. The molecule has 2 fully saturated rings. The van der Waals surface area contributed by atoms with Gasteiger partial charge in [0.1, 0.15) is 0 Å². The van der Waals surface area contributed by atoms with E-state index in [0.29, 0.717) is 45.2 Å². The summed E-state index contributed by atoms with van der Waals surface area (Å²) in [6, 6.07) is 8.37. The number of hydrogen-bond donors (Lipinski definition) is 1. The molecule has 2 aliphatic rings. The molecule has 6 rings (SSSR count). The fourth-order valence-corrected chi connectivity index (χ4v) is 7.04. The first-order valence-electron chi connectivity index (χ1n) is 12.1. The predicted octanol–water partition coefficient (Wildman–Crippen LogP) is 2.71. The summed E-state index contributed by atoms with van der Waals surface area (Å²) in [5, 5.41) is 8.24. The lowest BCUT2D eigenvalue weighted by Crippen LogP contribution is -2.48. The first-order chi connectivity index (χ1) is 17.4. The van der Waals surface area contributed by atoms with Crippen molar-refractivity contribution in [1.82, 2.24) is 29.4 Å². The number of aromatic amines is 1. The van der Waals surface area contributed by atoms with E-state index in [-0.39, 0.29) is 6.04 Å². The SMILES string of the molecule is CC(c1cc2nc(-c3cccc4[nH]ncc34)nc(N3CCOCC3)c2s1)N1CCN(S(C)(=O)=O)CC1. The van der Waals surface area contributed by atoms with Crippen molar-refractivity contribution < 1.29 is 13.2 Å². The number of hydrogen-bond acceptors (Lipinski definition) is 9. The Morgan fingerprint density at radius 2 is 1.86 bits per heavy atom. The minimum absolute atomic E-state index is 0.157. The van der Waals surface area contributed by atoms with Crippen LogP contribution in [0.4, 0.5) is 5.82 Å². The van der Waals surface area contributed by atoms with E-state index in [2.05, 4.69) is 33.0 Å². The maximum atomic E-state index is 11.9. The summed E-state index contributed by atoms with van der Waals surface area (Å²) in [7, 11) is -3.15. The Morgan fingerprint density at radius 1 is 1.08 bits per heavy atom. The third-order valence-corrected chi connectivity index (χ3v) is 9.70. The number of H-pyrrole nitrogens is 1. The van der Waals surface area contributed by atoms with Crippen LogP contribution >= 0.6 is 11.3 Å². The third-order valence-electron chi connectivity index (χ3n) is 7.11. The largest absolute Gasteiger partial charge is 0.378 e. The maximum absolute atomic E-state index is 11.9. The smallest absolute Gasteiger partial charge is 0.211 e. The van der Waals surface area contributed by atoms with Gasteiger partial charge in [0.05, 0.1) is 41.4 Å². The molecule has 0 bridgehead atoms. The summed E-state index contributed by atoms with van der Waals surface area (Å²) in [6.07, 6.45) is 3.11. The van der Waals surface area contributed by atoms with Crippen LogP contribution in [0.25, 0.3) is 32.5 Å². The molecule has 0 saturated carbocycles. The van der Waals surface area contributed by atoms with Gasteiger partial charge in [0, 0.05) is 61.1 Å². The number of aromatic nitrogens is 4. The van der Waals surface area contributed by atoms with Crippen LogP contribution in [0.2, 0.25) is 0 Å². The van der Waals surface area contributed by atoms with E-state index in [0.717, 1.165) is 45.6 Å². The number of thiophene rings is 1. The molecule has 0 aliphatic carbocycles.